The Morgan fingerprint density at radius 3 is 2.55 bits per heavy atom. The number of hydrogen-bond donors (Lipinski definition) is 0. The van der Waals surface area contributed by atoms with Crippen LogP contribution in [0, 0.1) is 35.3 Å². The minimum atomic E-state index is -0.606. The van der Waals surface area contributed by atoms with Gasteiger partial charge in [-0.25, -0.2) is 4.79 Å². The van der Waals surface area contributed by atoms with Crippen molar-refractivity contribution in [3.63, 3.8) is 0 Å². The molecule has 0 saturated heterocycles. The Bertz CT molecular complexity index is 771. The van der Waals surface area contributed by atoms with Gasteiger partial charge in [-0.2, -0.15) is 10.4 Å². The van der Waals surface area contributed by atoms with Crippen molar-refractivity contribution in [2.75, 3.05) is 0 Å². The molecular weight excluding hydrogens is 288 g/mol. The van der Waals surface area contributed by atoms with Crippen LogP contribution in [-0.4, -0.2) is 20.7 Å². The maximum absolute atomic E-state index is 11.9. The van der Waals surface area contributed by atoms with E-state index in [0.717, 1.165) is 0 Å². The van der Waals surface area contributed by atoms with Gasteiger partial charge >= 0.3 is 11.7 Å². The van der Waals surface area contributed by atoms with Crippen LogP contribution in [-0.2, 0) is 11.3 Å². The number of hydrogen-bond acceptors (Lipinski definition) is 6. The Balaban J connectivity index is 2.11. The zero-order valence-corrected chi connectivity index (χ0v) is 11.9. The van der Waals surface area contributed by atoms with Crippen molar-refractivity contribution in [1.29, 1.82) is 5.26 Å². The van der Waals surface area contributed by atoms with Crippen molar-refractivity contribution in [3.8, 4) is 11.8 Å². The predicted octanol–water partition coefficient (Wildman–Crippen LogP) is 1.89. The van der Waals surface area contributed by atoms with Gasteiger partial charge in [0.2, 0.25) is 0 Å². The predicted molar refractivity (Wildman–Crippen MR) is 75.1 cm³/mol. The van der Waals surface area contributed by atoms with Crippen molar-refractivity contribution in [3.05, 3.63) is 51.3 Å². The third-order valence-corrected chi connectivity index (χ3v) is 3.02. The van der Waals surface area contributed by atoms with Gasteiger partial charge in [0.25, 0.3) is 0 Å². The molecule has 112 valence electrons. The monoisotopic (exact) mass is 300 g/mol. The summed E-state index contributed by atoms with van der Waals surface area (Å²) in [5.41, 5.74) is 0.882. The van der Waals surface area contributed by atoms with E-state index in [1.165, 1.54) is 42.8 Å². The average Bonchev–Trinajstić information content (AvgIpc) is 2.74. The second-order valence-corrected chi connectivity index (χ2v) is 4.54. The highest BCUT2D eigenvalue weighted by molar-refractivity contribution is 5.72. The van der Waals surface area contributed by atoms with Gasteiger partial charge in [-0.1, -0.05) is 0 Å². The molecule has 0 aliphatic carbocycles. The van der Waals surface area contributed by atoms with Crippen molar-refractivity contribution in [2.45, 2.75) is 20.4 Å². The molecule has 0 amide bonds. The average molecular weight is 300 g/mol. The van der Waals surface area contributed by atoms with E-state index in [-0.39, 0.29) is 17.9 Å². The fourth-order valence-corrected chi connectivity index (χ4v) is 1.99. The first-order valence-electron chi connectivity index (χ1n) is 6.31. The summed E-state index contributed by atoms with van der Waals surface area (Å²) in [6.45, 7) is 2.79. The molecular formula is C14H12N4O4. The minimum absolute atomic E-state index is 0.105. The smallest absolute Gasteiger partial charge is 0.333 e. The van der Waals surface area contributed by atoms with E-state index in [9.17, 15) is 14.9 Å². The summed E-state index contributed by atoms with van der Waals surface area (Å²) in [5, 5.41) is 23.6. The summed E-state index contributed by atoms with van der Waals surface area (Å²) in [5.74, 6) is -0.315. The number of benzene rings is 1. The molecule has 0 fully saturated rings. The largest absolute Gasteiger partial charge is 0.425 e. The molecule has 2 aromatic rings. The zero-order chi connectivity index (χ0) is 16.3. The molecule has 8 nitrogen and oxygen atoms in total. The number of carbonyl (C=O) groups excluding carboxylic acids is 1. The molecule has 1 heterocycles. The maximum atomic E-state index is 11.9. The third kappa shape index (κ3) is 3.09. The Kier molecular flexibility index (Phi) is 4.18. The van der Waals surface area contributed by atoms with Gasteiger partial charge < -0.3 is 4.74 Å². The van der Waals surface area contributed by atoms with Gasteiger partial charge in [0.05, 0.1) is 16.6 Å². The molecule has 0 radical (unpaired) electrons. The summed E-state index contributed by atoms with van der Waals surface area (Å²) in [6, 6.07) is 8.01. The molecule has 0 N–H and O–H groups in total. The highest BCUT2D eigenvalue weighted by Gasteiger charge is 2.23. The Labute approximate surface area is 125 Å². The van der Waals surface area contributed by atoms with Crippen molar-refractivity contribution < 1.29 is 14.5 Å². The number of rotatable bonds is 4. The van der Waals surface area contributed by atoms with Gasteiger partial charge in [0.15, 0.2) is 0 Å². The molecule has 0 aliphatic rings. The van der Waals surface area contributed by atoms with E-state index in [1.807, 2.05) is 6.07 Å². The van der Waals surface area contributed by atoms with E-state index >= 15 is 0 Å². The van der Waals surface area contributed by atoms with E-state index in [4.69, 9.17) is 10.00 Å². The normalized spacial score (nSPS) is 10.0. The van der Waals surface area contributed by atoms with Gasteiger partial charge in [-0.15, -0.1) is 0 Å². The van der Waals surface area contributed by atoms with Crippen molar-refractivity contribution in [2.24, 2.45) is 0 Å². The van der Waals surface area contributed by atoms with Crippen LogP contribution < -0.4 is 4.74 Å². The first kappa shape index (κ1) is 15.2. The molecule has 8 heteroatoms. The van der Waals surface area contributed by atoms with Crippen molar-refractivity contribution >= 4 is 11.7 Å². The first-order chi connectivity index (χ1) is 10.4. The molecule has 0 unspecified atom stereocenters. The summed E-state index contributed by atoms with van der Waals surface area (Å²) in [7, 11) is 0. The van der Waals surface area contributed by atoms with Crippen LogP contribution >= 0.6 is 0 Å². The summed E-state index contributed by atoms with van der Waals surface area (Å²) < 4.78 is 6.34. The second kappa shape index (κ2) is 6.05. The lowest BCUT2D eigenvalue weighted by molar-refractivity contribution is -0.386. The Hall–Kier alpha value is -3.21. The molecule has 1 aromatic carbocycles. The lowest BCUT2D eigenvalue weighted by Crippen LogP contribution is -2.18. The number of aryl methyl sites for hydroxylation is 1. The topological polar surface area (TPSA) is 111 Å². The van der Waals surface area contributed by atoms with Crippen LogP contribution in [0.15, 0.2) is 24.3 Å². The summed E-state index contributed by atoms with van der Waals surface area (Å²) in [4.78, 5) is 22.2. The number of aromatic nitrogens is 2. The van der Waals surface area contributed by atoms with E-state index in [1.54, 1.807) is 0 Å². The van der Waals surface area contributed by atoms with Crippen molar-refractivity contribution in [1.82, 2.24) is 9.78 Å². The van der Waals surface area contributed by atoms with Crippen LogP contribution in [0.1, 0.15) is 17.0 Å². The molecule has 1 aromatic heterocycles. The lowest BCUT2D eigenvalue weighted by atomic mass is 10.2. The third-order valence-electron chi connectivity index (χ3n) is 3.02. The zero-order valence-electron chi connectivity index (χ0n) is 11.9. The molecule has 2 rings (SSSR count). The minimum Gasteiger partial charge on any atom is -0.425 e. The fourth-order valence-electron chi connectivity index (χ4n) is 1.99. The molecule has 0 bridgehead atoms. The van der Waals surface area contributed by atoms with Crippen LogP contribution in [0.25, 0.3) is 0 Å². The molecule has 0 spiro atoms. The van der Waals surface area contributed by atoms with E-state index < -0.39 is 10.9 Å². The van der Waals surface area contributed by atoms with Crippen LogP contribution in [0.3, 0.4) is 0 Å². The molecule has 0 aliphatic heterocycles. The SMILES string of the molecule is Cc1nn(CC(=O)Oc2ccc(C#N)cc2)c(C)c1[N+](=O)[O-]. The summed E-state index contributed by atoms with van der Waals surface area (Å²) >= 11 is 0. The molecule has 0 atom stereocenters. The number of nitriles is 1. The highest BCUT2D eigenvalue weighted by Crippen LogP contribution is 2.21. The Morgan fingerprint density at radius 1 is 1.41 bits per heavy atom. The number of nitro groups is 1. The summed E-state index contributed by atoms with van der Waals surface area (Å²) in [6.07, 6.45) is 0. The maximum Gasteiger partial charge on any atom is 0.333 e. The number of nitrogens with zero attached hydrogens (tertiary/aromatic N) is 4. The van der Waals surface area contributed by atoms with Gasteiger partial charge in [0.1, 0.15) is 23.7 Å². The number of carbonyl (C=O) groups is 1. The lowest BCUT2D eigenvalue weighted by Gasteiger charge is -2.05. The molecule has 0 saturated carbocycles. The number of esters is 1. The van der Waals surface area contributed by atoms with Crippen LogP contribution in [0.4, 0.5) is 5.69 Å². The quantitative estimate of drug-likeness (QED) is 0.369. The van der Waals surface area contributed by atoms with E-state index in [2.05, 4.69) is 5.10 Å². The second-order valence-electron chi connectivity index (χ2n) is 4.54. The Morgan fingerprint density at radius 2 is 2.05 bits per heavy atom. The van der Waals surface area contributed by atoms with E-state index in [0.29, 0.717) is 17.0 Å². The highest BCUT2D eigenvalue weighted by atomic mass is 16.6. The number of ether oxygens (including phenoxy) is 1. The standard InChI is InChI=1S/C14H12N4O4/c1-9-14(18(20)21)10(2)17(16-9)8-13(19)22-12-5-3-11(7-15)4-6-12/h3-6H,8H2,1-2H3. The van der Waals surface area contributed by atoms with Gasteiger partial charge in [-0.05, 0) is 38.1 Å². The fraction of sp³-hybridized carbons (Fsp3) is 0.214. The van der Waals surface area contributed by atoms with Crippen LogP contribution in [0.2, 0.25) is 0 Å². The first-order valence-corrected chi connectivity index (χ1v) is 6.31. The van der Waals surface area contributed by atoms with Gasteiger partial charge in [0, 0.05) is 0 Å². The molecule has 22 heavy (non-hydrogen) atoms. The van der Waals surface area contributed by atoms with Gasteiger partial charge in [-0.3, -0.25) is 14.8 Å². The van der Waals surface area contributed by atoms with Crippen LogP contribution in [0.5, 0.6) is 5.75 Å².